The molecule has 0 aliphatic heterocycles. The van der Waals surface area contributed by atoms with Gasteiger partial charge in [0, 0.05) is 11.1 Å². The fraction of sp³-hybridized carbons (Fsp3) is 0.263. The number of aliphatic hydroxyl groups is 1. The van der Waals surface area contributed by atoms with E-state index in [0.29, 0.717) is 10.6 Å². The standard InChI is InChI=1S/C19H18F3NO4S2/c1-12-16-4-2-3-5-17(16)28-18(12)23(29(25)26)11-14(24)10-13-6-8-15(9-7-13)27-19(20,21)22/h2-9,14,24H,10-11H2,1H3,(H,25,26). The van der Waals surface area contributed by atoms with Crippen molar-refractivity contribution in [3.8, 4) is 5.75 Å². The molecule has 0 spiro atoms. The number of fused-ring (bicyclic) bond motifs is 1. The number of halogens is 3. The van der Waals surface area contributed by atoms with Crippen molar-refractivity contribution in [2.24, 2.45) is 0 Å². The minimum absolute atomic E-state index is 0.101. The molecule has 1 heterocycles. The van der Waals surface area contributed by atoms with Gasteiger partial charge in [0.25, 0.3) is 11.3 Å². The average Bonchev–Trinajstić information content (AvgIpc) is 2.97. The molecule has 10 heteroatoms. The molecule has 0 saturated carbocycles. The van der Waals surface area contributed by atoms with Gasteiger partial charge in [-0.15, -0.1) is 24.5 Å². The Bertz CT molecular complexity index is 1000. The molecule has 0 bridgehead atoms. The van der Waals surface area contributed by atoms with Crippen molar-refractivity contribution in [3.63, 3.8) is 0 Å². The highest BCUT2D eigenvalue weighted by Gasteiger charge is 2.31. The second kappa shape index (κ2) is 8.70. The number of hydrogen-bond donors (Lipinski definition) is 2. The van der Waals surface area contributed by atoms with E-state index in [-0.39, 0.29) is 18.7 Å². The van der Waals surface area contributed by atoms with Gasteiger partial charge in [0.05, 0.1) is 12.6 Å². The minimum Gasteiger partial charge on any atom is -0.406 e. The van der Waals surface area contributed by atoms with Crippen LogP contribution in [0, 0.1) is 6.92 Å². The molecule has 29 heavy (non-hydrogen) atoms. The molecule has 2 N–H and O–H groups in total. The maximum Gasteiger partial charge on any atom is 0.573 e. The van der Waals surface area contributed by atoms with Crippen molar-refractivity contribution in [2.75, 3.05) is 10.8 Å². The predicted octanol–water partition coefficient (Wildman–Crippen LogP) is 4.66. The number of nitrogens with zero attached hydrogens (tertiary/aromatic N) is 1. The van der Waals surface area contributed by atoms with Crippen LogP contribution in [0.1, 0.15) is 11.1 Å². The first-order valence-electron chi connectivity index (χ1n) is 8.53. The highest BCUT2D eigenvalue weighted by atomic mass is 32.2. The van der Waals surface area contributed by atoms with E-state index in [1.165, 1.54) is 27.8 Å². The topological polar surface area (TPSA) is 70.0 Å². The lowest BCUT2D eigenvalue weighted by molar-refractivity contribution is -0.274. The van der Waals surface area contributed by atoms with Crippen LogP contribution in [0.5, 0.6) is 5.75 Å². The van der Waals surface area contributed by atoms with Gasteiger partial charge in [0.2, 0.25) is 0 Å². The van der Waals surface area contributed by atoms with Crippen molar-refractivity contribution >= 4 is 37.7 Å². The van der Waals surface area contributed by atoms with Gasteiger partial charge in [-0.1, -0.05) is 30.3 Å². The summed E-state index contributed by atoms with van der Waals surface area (Å²) in [5.41, 5.74) is 1.41. The lowest BCUT2D eigenvalue weighted by Gasteiger charge is -2.22. The third-order valence-corrected chi connectivity index (χ3v) is 6.36. The van der Waals surface area contributed by atoms with Crippen LogP contribution in [0.2, 0.25) is 0 Å². The lowest BCUT2D eigenvalue weighted by Crippen LogP contribution is -2.34. The van der Waals surface area contributed by atoms with Crippen LogP contribution in [-0.2, 0) is 17.7 Å². The number of alkyl halides is 3. The largest absolute Gasteiger partial charge is 0.573 e. The zero-order valence-electron chi connectivity index (χ0n) is 15.2. The van der Waals surface area contributed by atoms with Crippen LogP contribution in [0.3, 0.4) is 0 Å². The highest BCUT2D eigenvalue weighted by molar-refractivity contribution is 7.81. The first-order chi connectivity index (χ1) is 13.6. The number of hydrogen-bond acceptors (Lipinski definition) is 4. The summed E-state index contributed by atoms with van der Waals surface area (Å²) in [5.74, 6) is -0.352. The fourth-order valence-electron chi connectivity index (χ4n) is 2.97. The number of aliphatic hydroxyl groups excluding tert-OH is 1. The summed E-state index contributed by atoms with van der Waals surface area (Å²) in [6.45, 7) is 1.73. The third kappa shape index (κ3) is 5.47. The minimum atomic E-state index is -4.77. The van der Waals surface area contributed by atoms with E-state index in [9.17, 15) is 27.0 Å². The van der Waals surface area contributed by atoms with Gasteiger partial charge in [-0.2, -0.15) is 0 Å². The van der Waals surface area contributed by atoms with E-state index in [1.54, 1.807) is 0 Å². The van der Waals surface area contributed by atoms with E-state index >= 15 is 0 Å². The Hall–Kier alpha value is -2.14. The summed E-state index contributed by atoms with van der Waals surface area (Å²) in [6.07, 6.45) is -5.68. The molecule has 3 rings (SSSR count). The maximum atomic E-state index is 12.2. The van der Waals surface area contributed by atoms with E-state index in [1.807, 2.05) is 31.2 Å². The number of thiophene rings is 1. The second-order valence-electron chi connectivity index (χ2n) is 6.37. The van der Waals surface area contributed by atoms with Gasteiger partial charge < -0.3 is 9.84 Å². The summed E-state index contributed by atoms with van der Waals surface area (Å²) < 4.78 is 64.3. The third-order valence-electron chi connectivity index (χ3n) is 4.24. The van der Waals surface area contributed by atoms with Crippen molar-refractivity contribution in [2.45, 2.75) is 25.8 Å². The number of benzene rings is 2. The molecule has 2 atom stereocenters. The summed E-state index contributed by atoms with van der Waals surface area (Å²) in [7, 11) is 0. The van der Waals surface area contributed by atoms with Crippen LogP contribution in [-0.4, -0.2) is 32.9 Å². The van der Waals surface area contributed by atoms with Crippen LogP contribution >= 0.6 is 11.3 Å². The highest BCUT2D eigenvalue weighted by Crippen LogP contribution is 2.38. The number of anilines is 1. The van der Waals surface area contributed by atoms with Gasteiger partial charge in [-0.3, -0.25) is 8.86 Å². The molecule has 2 unspecified atom stereocenters. The number of rotatable bonds is 7. The van der Waals surface area contributed by atoms with Gasteiger partial charge in [0.15, 0.2) is 0 Å². The van der Waals surface area contributed by atoms with Crippen LogP contribution in [0.4, 0.5) is 18.2 Å². The molecule has 0 fully saturated rings. The quantitative estimate of drug-likeness (QED) is 0.519. The monoisotopic (exact) mass is 445 g/mol. The number of aryl methyl sites for hydroxylation is 1. The van der Waals surface area contributed by atoms with E-state index in [4.69, 9.17) is 0 Å². The first kappa shape index (κ1) is 21.6. The van der Waals surface area contributed by atoms with Crippen LogP contribution < -0.4 is 9.04 Å². The summed E-state index contributed by atoms with van der Waals surface area (Å²) in [4.78, 5) is 0. The molecule has 0 radical (unpaired) electrons. The van der Waals surface area contributed by atoms with E-state index < -0.39 is 23.7 Å². The average molecular weight is 445 g/mol. The Morgan fingerprint density at radius 1 is 1.17 bits per heavy atom. The molecular weight excluding hydrogens is 427 g/mol. The second-order valence-corrected chi connectivity index (χ2v) is 8.30. The van der Waals surface area contributed by atoms with Crippen LogP contribution in [0.15, 0.2) is 48.5 Å². The van der Waals surface area contributed by atoms with Crippen molar-refractivity contribution in [3.05, 3.63) is 59.7 Å². The molecule has 1 aromatic heterocycles. The van der Waals surface area contributed by atoms with Crippen molar-refractivity contribution in [1.29, 1.82) is 0 Å². The SMILES string of the molecule is Cc1c(N(CC(O)Cc2ccc(OC(F)(F)F)cc2)S(=O)O)sc2ccccc12. The maximum absolute atomic E-state index is 12.2. The van der Waals surface area contributed by atoms with Gasteiger partial charge in [0.1, 0.15) is 10.8 Å². The van der Waals surface area contributed by atoms with Gasteiger partial charge in [-0.25, -0.2) is 4.21 Å². The van der Waals surface area contributed by atoms with Crippen LogP contribution in [0.25, 0.3) is 10.1 Å². The zero-order chi connectivity index (χ0) is 21.2. The molecule has 0 aliphatic rings. The fourth-order valence-corrected chi connectivity index (χ4v) is 4.98. The summed E-state index contributed by atoms with van der Waals surface area (Å²) >= 11 is -0.992. The summed E-state index contributed by atoms with van der Waals surface area (Å²) in [5, 5.41) is 12.0. The Kier molecular flexibility index (Phi) is 6.47. The molecule has 0 saturated heterocycles. The first-order valence-corrected chi connectivity index (χ1v) is 10.4. The van der Waals surface area contributed by atoms with Gasteiger partial charge >= 0.3 is 6.36 Å². The van der Waals surface area contributed by atoms with Crippen molar-refractivity contribution < 1.29 is 31.8 Å². The lowest BCUT2D eigenvalue weighted by atomic mass is 10.1. The smallest absolute Gasteiger partial charge is 0.406 e. The molecule has 156 valence electrons. The Labute approximate surface area is 171 Å². The van der Waals surface area contributed by atoms with Crippen molar-refractivity contribution in [1.82, 2.24) is 0 Å². The Balaban J connectivity index is 1.72. The normalized spacial score (nSPS) is 14.0. The predicted molar refractivity (Wildman–Crippen MR) is 108 cm³/mol. The van der Waals surface area contributed by atoms with E-state index in [2.05, 4.69) is 4.74 Å². The molecule has 3 aromatic rings. The van der Waals surface area contributed by atoms with E-state index in [0.717, 1.165) is 27.8 Å². The number of ether oxygens (including phenoxy) is 1. The zero-order valence-corrected chi connectivity index (χ0v) is 16.9. The Morgan fingerprint density at radius 3 is 2.41 bits per heavy atom. The molecular formula is C19H18F3NO4S2. The Morgan fingerprint density at radius 2 is 1.83 bits per heavy atom. The molecule has 2 aromatic carbocycles. The molecule has 0 amide bonds. The summed E-state index contributed by atoms with van der Waals surface area (Å²) in [6, 6.07) is 12.7. The van der Waals surface area contributed by atoms with Gasteiger partial charge in [-0.05, 0) is 41.6 Å². The molecule has 0 aliphatic carbocycles. The molecule has 5 nitrogen and oxygen atoms in total.